The molecule has 104 valence electrons. The summed E-state index contributed by atoms with van der Waals surface area (Å²) in [5.41, 5.74) is 8.19. The molecule has 1 unspecified atom stereocenters. The molecule has 0 saturated carbocycles. The van der Waals surface area contributed by atoms with Crippen LogP contribution in [0, 0.1) is 0 Å². The van der Waals surface area contributed by atoms with Crippen LogP contribution < -0.4 is 5.73 Å². The van der Waals surface area contributed by atoms with Crippen LogP contribution >= 0.6 is 15.9 Å². The fourth-order valence-corrected chi connectivity index (χ4v) is 3.09. The second-order valence-electron chi connectivity index (χ2n) is 5.02. The third kappa shape index (κ3) is 2.33. The zero-order chi connectivity index (χ0) is 14.1. The summed E-state index contributed by atoms with van der Waals surface area (Å²) in [6.07, 6.45) is 3.93. The van der Waals surface area contributed by atoms with Gasteiger partial charge in [0, 0.05) is 34.2 Å². The van der Waals surface area contributed by atoms with Crippen LogP contribution in [0.25, 0.3) is 0 Å². The molecule has 1 saturated heterocycles. The number of halogens is 1. The van der Waals surface area contributed by atoms with Gasteiger partial charge in [-0.15, -0.1) is 0 Å². The largest absolute Gasteiger partial charge is 0.398 e. The van der Waals surface area contributed by atoms with Crippen molar-refractivity contribution < 1.29 is 4.79 Å². The van der Waals surface area contributed by atoms with Crippen molar-refractivity contribution >= 4 is 27.5 Å². The number of nitrogens with zero attached hydrogens (tertiary/aromatic N) is 1. The number of aromatic nitrogens is 1. The standard InChI is InChI=1S/C15H16BrN3O/c16-11-9-10(5-6-12(11)17)15(20)19-8-2-4-14(19)13-3-1-7-18-13/h1,3,5-7,9,14,18H,2,4,8,17H2. The molecule has 1 aliphatic heterocycles. The molecule has 2 heterocycles. The van der Waals surface area contributed by atoms with E-state index < -0.39 is 0 Å². The van der Waals surface area contributed by atoms with Gasteiger partial charge in [-0.3, -0.25) is 4.79 Å². The second-order valence-corrected chi connectivity index (χ2v) is 5.87. The fourth-order valence-electron chi connectivity index (χ4n) is 2.71. The van der Waals surface area contributed by atoms with Gasteiger partial charge in [-0.25, -0.2) is 0 Å². The number of aromatic amines is 1. The number of hydrogen-bond acceptors (Lipinski definition) is 2. The quantitative estimate of drug-likeness (QED) is 0.828. The second kappa shape index (κ2) is 5.32. The highest BCUT2D eigenvalue weighted by molar-refractivity contribution is 9.10. The summed E-state index contributed by atoms with van der Waals surface area (Å²) in [6.45, 7) is 0.796. The van der Waals surface area contributed by atoms with Gasteiger partial charge < -0.3 is 15.6 Å². The number of likely N-dealkylation sites (tertiary alicyclic amines) is 1. The van der Waals surface area contributed by atoms with Gasteiger partial charge in [0.05, 0.1) is 6.04 Å². The first-order valence-electron chi connectivity index (χ1n) is 6.66. The molecule has 1 aromatic carbocycles. The number of H-pyrrole nitrogens is 1. The van der Waals surface area contributed by atoms with Crippen molar-refractivity contribution in [1.82, 2.24) is 9.88 Å². The Morgan fingerprint density at radius 3 is 2.95 bits per heavy atom. The minimum Gasteiger partial charge on any atom is -0.398 e. The van der Waals surface area contributed by atoms with Crippen LogP contribution in [0.15, 0.2) is 41.0 Å². The van der Waals surface area contributed by atoms with Crippen molar-refractivity contribution in [2.45, 2.75) is 18.9 Å². The highest BCUT2D eigenvalue weighted by Crippen LogP contribution is 2.32. The summed E-state index contributed by atoms with van der Waals surface area (Å²) < 4.78 is 0.763. The molecular formula is C15H16BrN3O. The number of hydrogen-bond donors (Lipinski definition) is 2. The van der Waals surface area contributed by atoms with Crippen LogP contribution in [0.3, 0.4) is 0 Å². The van der Waals surface area contributed by atoms with Crippen molar-refractivity contribution in [3.8, 4) is 0 Å². The van der Waals surface area contributed by atoms with E-state index >= 15 is 0 Å². The lowest BCUT2D eigenvalue weighted by Gasteiger charge is -2.24. The van der Waals surface area contributed by atoms with Gasteiger partial charge in [0.25, 0.3) is 5.91 Å². The van der Waals surface area contributed by atoms with E-state index in [-0.39, 0.29) is 11.9 Å². The predicted molar refractivity (Wildman–Crippen MR) is 82.4 cm³/mol. The van der Waals surface area contributed by atoms with Crippen LogP contribution in [-0.4, -0.2) is 22.3 Å². The van der Waals surface area contributed by atoms with E-state index in [0.29, 0.717) is 11.3 Å². The summed E-state index contributed by atoms with van der Waals surface area (Å²) in [6, 6.07) is 9.49. The van der Waals surface area contributed by atoms with E-state index in [4.69, 9.17) is 5.73 Å². The third-order valence-electron chi connectivity index (χ3n) is 3.74. The number of anilines is 1. The van der Waals surface area contributed by atoms with Crippen LogP contribution in [0.2, 0.25) is 0 Å². The molecule has 20 heavy (non-hydrogen) atoms. The number of nitrogens with two attached hydrogens (primary N) is 1. The lowest BCUT2D eigenvalue weighted by atomic mass is 10.1. The summed E-state index contributed by atoms with van der Waals surface area (Å²) in [4.78, 5) is 17.8. The number of rotatable bonds is 2. The minimum absolute atomic E-state index is 0.0581. The molecule has 3 rings (SSSR count). The zero-order valence-corrected chi connectivity index (χ0v) is 12.6. The Morgan fingerprint density at radius 1 is 1.40 bits per heavy atom. The number of benzene rings is 1. The normalized spacial score (nSPS) is 18.4. The third-order valence-corrected chi connectivity index (χ3v) is 4.43. The predicted octanol–water partition coefficient (Wildman–Crippen LogP) is 3.34. The maximum atomic E-state index is 12.7. The van der Waals surface area contributed by atoms with Gasteiger partial charge in [0.1, 0.15) is 0 Å². The van der Waals surface area contributed by atoms with Crippen LogP contribution in [-0.2, 0) is 0 Å². The number of amides is 1. The van der Waals surface area contributed by atoms with Gasteiger partial charge in [-0.2, -0.15) is 0 Å². The highest BCUT2D eigenvalue weighted by Gasteiger charge is 2.31. The van der Waals surface area contributed by atoms with Crippen molar-refractivity contribution in [3.63, 3.8) is 0 Å². The summed E-state index contributed by atoms with van der Waals surface area (Å²) in [5, 5.41) is 0. The molecule has 1 fully saturated rings. The topological polar surface area (TPSA) is 62.1 Å². The van der Waals surface area contributed by atoms with Gasteiger partial charge in [0.15, 0.2) is 0 Å². The number of carbonyl (C=O) groups excluding carboxylic acids is 1. The van der Waals surface area contributed by atoms with E-state index in [1.807, 2.05) is 23.2 Å². The number of nitrogens with one attached hydrogen (secondary N) is 1. The van der Waals surface area contributed by atoms with Gasteiger partial charge in [-0.1, -0.05) is 0 Å². The Labute approximate surface area is 126 Å². The molecule has 1 atom stereocenters. The van der Waals surface area contributed by atoms with Crippen molar-refractivity contribution in [3.05, 3.63) is 52.3 Å². The molecule has 1 amide bonds. The van der Waals surface area contributed by atoms with Crippen LogP contribution in [0.5, 0.6) is 0 Å². The van der Waals surface area contributed by atoms with Crippen molar-refractivity contribution in [1.29, 1.82) is 0 Å². The van der Waals surface area contributed by atoms with Gasteiger partial charge in [0.2, 0.25) is 0 Å². The molecule has 4 nitrogen and oxygen atoms in total. The fraction of sp³-hybridized carbons (Fsp3) is 0.267. The molecule has 0 spiro atoms. The lowest BCUT2D eigenvalue weighted by molar-refractivity contribution is 0.0733. The monoisotopic (exact) mass is 333 g/mol. The molecule has 1 aromatic heterocycles. The van der Waals surface area contributed by atoms with Crippen LogP contribution in [0.4, 0.5) is 5.69 Å². The van der Waals surface area contributed by atoms with Crippen molar-refractivity contribution in [2.24, 2.45) is 0 Å². The zero-order valence-electron chi connectivity index (χ0n) is 11.0. The molecule has 5 heteroatoms. The summed E-state index contributed by atoms with van der Waals surface area (Å²) in [5.74, 6) is 0.0581. The van der Waals surface area contributed by atoms with E-state index in [1.54, 1.807) is 18.2 Å². The SMILES string of the molecule is Nc1ccc(C(=O)N2CCCC2c2ccc[nH]2)cc1Br. The maximum Gasteiger partial charge on any atom is 0.254 e. The van der Waals surface area contributed by atoms with Gasteiger partial charge >= 0.3 is 0 Å². The van der Waals surface area contributed by atoms with Gasteiger partial charge in [-0.05, 0) is 59.1 Å². The Balaban J connectivity index is 1.87. The van der Waals surface area contributed by atoms with E-state index in [0.717, 1.165) is 29.6 Å². The molecule has 0 aliphatic carbocycles. The number of nitrogen functional groups attached to an aromatic ring is 1. The smallest absolute Gasteiger partial charge is 0.254 e. The molecule has 2 aromatic rings. The molecular weight excluding hydrogens is 318 g/mol. The average molecular weight is 334 g/mol. The molecule has 0 radical (unpaired) electrons. The Morgan fingerprint density at radius 2 is 2.25 bits per heavy atom. The summed E-state index contributed by atoms with van der Waals surface area (Å²) >= 11 is 3.37. The van der Waals surface area contributed by atoms with Crippen molar-refractivity contribution in [2.75, 3.05) is 12.3 Å². The first-order chi connectivity index (χ1) is 9.66. The van der Waals surface area contributed by atoms with Crippen LogP contribution in [0.1, 0.15) is 34.9 Å². The first kappa shape index (κ1) is 13.2. The van der Waals surface area contributed by atoms with E-state index in [2.05, 4.69) is 20.9 Å². The Hall–Kier alpha value is -1.75. The minimum atomic E-state index is 0.0581. The summed E-state index contributed by atoms with van der Waals surface area (Å²) in [7, 11) is 0. The number of carbonyl (C=O) groups is 1. The Kier molecular flexibility index (Phi) is 3.53. The maximum absolute atomic E-state index is 12.7. The lowest BCUT2D eigenvalue weighted by Crippen LogP contribution is -2.30. The van der Waals surface area contributed by atoms with E-state index in [9.17, 15) is 4.79 Å². The van der Waals surface area contributed by atoms with E-state index in [1.165, 1.54) is 0 Å². The first-order valence-corrected chi connectivity index (χ1v) is 7.45. The molecule has 1 aliphatic rings. The average Bonchev–Trinajstić information content (AvgIpc) is 3.10. The Bertz CT molecular complexity index is 624. The molecule has 0 bridgehead atoms. The molecule has 3 N–H and O–H groups in total. The highest BCUT2D eigenvalue weighted by atomic mass is 79.9.